The number of aromatic nitrogens is 2. The van der Waals surface area contributed by atoms with E-state index < -0.39 is 0 Å². The van der Waals surface area contributed by atoms with Crippen molar-refractivity contribution in [2.75, 3.05) is 0 Å². The lowest BCUT2D eigenvalue weighted by atomic mass is 10.1. The summed E-state index contributed by atoms with van der Waals surface area (Å²) in [6.07, 6.45) is 0. The van der Waals surface area contributed by atoms with Crippen LogP contribution in [0.5, 0.6) is 0 Å². The summed E-state index contributed by atoms with van der Waals surface area (Å²) in [5, 5.41) is 5.12. The third-order valence-electron chi connectivity index (χ3n) is 1.92. The van der Waals surface area contributed by atoms with Crippen molar-refractivity contribution in [1.82, 2.24) is 9.78 Å². The number of nitrogens with zero attached hydrogens (tertiary/aromatic N) is 2. The highest BCUT2D eigenvalue weighted by Gasteiger charge is 2.19. The first-order chi connectivity index (χ1) is 5.34. The summed E-state index contributed by atoms with van der Waals surface area (Å²) in [6, 6.07) is 0. The van der Waals surface area contributed by atoms with Gasteiger partial charge in [-0.25, -0.2) is 4.68 Å². The van der Waals surface area contributed by atoms with Crippen molar-refractivity contribution in [3.05, 3.63) is 16.4 Å². The van der Waals surface area contributed by atoms with Crippen LogP contribution in [0.25, 0.3) is 0 Å². The Morgan fingerprint density at radius 3 is 1.92 bits per heavy atom. The van der Waals surface area contributed by atoms with Gasteiger partial charge in [-0.05, 0) is 34.6 Å². The lowest BCUT2D eigenvalue weighted by molar-refractivity contribution is 0.354. The molecule has 0 bridgehead atoms. The quantitative estimate of drug-likeness (QED) is 0.609. The van der Waals surface area contributed by atoms with Gasteiger partial charge in [0, 0.05) is 5.56 Å². The van der Waals surface area contributed by atoms with Crippen molar-refractivity contribution in [3.8, 4) is 0 Å². The fourth-order valence-electron chi connectivity index (χ4n) is 1.02. The Balaban J connectivity index is 3.28. The number of rotatable bonds is 0. The Morgan fingerprint density at radius 2 is 1.75 bits per heavy atom. The molecule has 0 aliphatic carbocycles. The maximum Gasteiger partial charge on any atom is 0.130 e. The Hall–Kier alpha value is -0.500. The van der Waals surface area contributed by atoms with Crippen LogP contribution in [0.15, 0.2) is 0 Å². The van der Waals surface area contributed by atoms with Gasteiger partial charge >= 0.3 is 0 Å². The van der Waals surface area contributed by atoms with Crippen molar-refractivity contribution >= 4 is 11.6 Å². The third-order valence-corrected chi connectivity index (χ3v) is 2.37. The number of aryl methyl sites for hydroxylation is 1. The van der Waals surface area contributed by atoms with Crippen LogP contribution in [0.2, 0.25) is 5.15 Å². The molecule has 0 aliphatic rings. The molecule has 0 aliphatic heterocycles. The molecule has 1 aromatic rings. The molecule has 0 atom stereocenters. The smallest absolute Gasteiger partial charge is 0.130 e. The number of hydrogen-bond donors (Lipinski definition) is 0. The predicted molar refractivity (Wildman–Crippen MR) is 51.7 cm³/mol. The van der Waals surface area contributed by atoms with Crippen LogP contribution >= 0.6 is 11.6 Å². The lowest BCUT2D eigenvalue weighted by Crippen LogP contribution is -2.23. The van der Waals surface area contributed by atoms with Gasteiger partial charge in [-0.3, -0.25) is 0 Å². The zero-order chi connectivity index (χ0) is 9.52. The van der Waals surface area contributed by atoms with Gasteiger partial charge in [0.1, 0.15) is 5.15 Å². The van der Waals surface area contributed by atoms with Crippen molar-refractivity contribution in [2.24, 2.45) is 0 Å². The van der Waals surface area contributed by atoms with Crippen LogP contribution in [0.3, 0.4) is 0 Å². The minimum atomic E-state index is -0.0316. The van der Waals surface area contributed by atoms with Crippen LogP contribution in [0, 0.1) is 13.8 Å². The highest BCUT2D eigenvalue weighted by molar-refractivity contribution is 6.30. The average molecular weight is 187 g/mol. The van der Waals surface area contributed by atoms with E-state index in [1.807, 2.05) is 18.5 Å². The molecule has 2 nitrogen and oxygen atoms in total. The lowest BCUT2D eigenvalue weighted by Gasteiger charge is -2.20. The minimum Gasteiger partial charge on any atom is -0.248 e. The van der Waals surface area contributed by atoms with E-state index in [0.29, 0.717) is 0 Å². The second-order valence-corrected chi connectivity index (χ2v) is 4.44. The van der Waals surface area contributed by atoms with Gasteiger partial charge in [-0.15, -0.1) is 0 Å². The monoisotopic (exact) mass is 186 g/mol. The Morgan fingerprint density at radius 1 is 1.25 bits per heavy atom. The zero-order valence-corrected chi connectivity index (χ0v) is 9.03. The number of hydrogen-bond acceptors (Lipinski definition) is 1. The fourth-order valence-corrected chi connectivity index (χ4v) is 1.45. The minimum absolute atomic E-state index is 0.0316. The maximum absolute atomic E-state index is 6.10. The van der Waals surface area contributed by atoms with Crippen LogP contribution in [0.1, 0.15) is 32.0 Å². The van der Waals surface area contributed by atoms with Gasteiger partial charge in [-0.1, -0.05) is 11.6 Å². The summed E-state index contributed by atoms with van der Waals surface area (Å²) in [5.41, 5.74) is 2.05. The topological polar surface area (TPSA) is 17.8 Å². The molecule has 0 spiro atoms. The molecule has 0 N–H and O–H groups in total. The second-order valence-electron chi connectivity index (χ2n) is 4.08. The standard InChI is InChI=1S/C9H15ClN2/c1-6-7(2)11-12(8(6)10)9(3,4)5/h1-5H3. The molecule has 3 heteroatoms. The van der Waals surface area contributed by atoms with E-state index in [-0.39, 0.29) is 5.54 Å². The fraction of sp³-hybridized carbons (Fsp3) is 0.667. The molecule has 68 valence electrons. The van der Waals surface area contributed by atoms with Crippen molar-refractivity contribution in [1.29, 1.82) is 0 Å². The first kappa shape index (κ1) is 9.59. The number of halogens is 1. The molecule has 0 saturated heterocycles. The van der Waals surface area contributed by atoms with Crippen molar-refractivity contribution in [3.63, 3.8) is 0 Å². The molecule has 0 amide bonds. The summed E-state index contributed by atoms with van der Waals surface area (Å²) in [4.78, 5) is 0. The maximum atomic E-state index is 6.10. The first-order valence-electron chi connectivity index (χ1n) is 4.06. The van der Waals surface area contributed by atoms with Crippen LogP contribution in [-0.2, 0) is 5.54 Å². The van der Waals surface area contributed by atoms with E-state index in [1.54, 1.807) is 0 Å². The summed E-state index contributed by atoms with van der Waals surface area (Å²) < 4.78 is 1.86. The predicted octanol–water partition coefficient (Wildman–Crippen LogP) is 2.91. The molecule has 0 unspecified atom stereocenters. The SMILES string of the molecule is Cc1nn(C(C)(C)C)c(Cl)c1C. The summed E-state index contributed by atoms with van der Waals surface area (Å²) in [7, 11) is 0. The normalized spacial score (nSPS) is 12.2. The largest absolute Gasteiger partial charge is 0.248 e. The Labute approximate surface area is 78.5 Å². The van der Waals surface area contributed by atoms with E-state index in [4.69, 9.17) is 11.6 Å². The van der Waals surface area contributed by atoms with E-state index in [9.17, 15) is 0 Å². The summed E-state index contributed by atoms with van der Waals surface area (Å²) in [6.45, 7) is 10.2. The highest BCUT2D eigenvalue weighted by Crippen LogP contribution is 2.24. The van der Waals surface area contributed by atoms with Gasteiger partial charge in [-0.2, -0.15) is 5.10 Å². The van der Waals surface area contributed by atoms with Crippen LogP contribution < -0.4 is 0 Å². The van der Waals surface area contributed by atoms with Gasteiger partial charge in [0.25, 0.3) is 0 Å². The highest BCUT2D eigenvalue weighted by atomic mass is 35.5. The van der Waals surface area contributed by atoms with E-state index in [0.717, 1.165) is 16.4 Å². The molecule has 0 radical (unpaired) electrons. The molecule has 1 heterocycles. The Kier molecular flexibility index (Phi) is 2.21. The zero-order valence-electron chi connectivity index (χ0n) is 8.27. The molecule has 0 saturated carbocycles. The van der Waals surface area contributed by atoms with Gasteiger partial charge in [0.05, 0.1) is 11.2 Å². The molecular weight excluding hydrogens is 172 g/mol. The van der Waals surface area contributed by atoms with E-state index in [2.05, 4.69) is 25.9 Å². The summed E-state index contributed by atoms with van der Waals surface area (Å²) >= 11 is 6.10. The van der Waals surface area contributed by atoms with Gasteiger partial charge in [0.15, 0.2) is 0 Å². The molecule has 12 heavy (non-hydrogen) atoms. The molecule has 1 rings (SSSR count). The van der Waals surface area contributed by atoms with E-state index >= 15 is 0 Å². The van der Waals surface area contributed by atoms with Crippen LogP contribution in [0.4, 0.5) is 0 Å². The first-order valence-corrected chi connectivity index (χ1v) is 4.44. The average Bonchev–Trinajstić information content (AvgIpc) is 2.15. The third kappa shape index (κ3) is 1.48. The second kappa shape index (κ2) is 2.77. The van der Waals surface area contributed by atoms with Gasteiger partial charge in [0.2, 0.25) is 0 Å². The van der Waals surface area contributed by atoms with Crippen molar-refractivity contribution < 1.29 is 0 Å². The molecular formula is C9H15ClN2. The van der Waals surface area contributed by atoms with E-state index in [1.165, 1.54) is 0 Å². The van der Waals surface area contributed by atoms with Crippen LogP contribution in [-0.4, -0.2) is 9.78 Å². The van der Waals surface area contributed by atoms with Gasteiger partial charge < -0.3 is 0 Å². The molecule has 1 aromatic heterocycles. The van der Waals surface area contributed by atoms with Crippen molar-refractivity contribution in [2.45, 2.75) is 40.2 Å². The molecule has 0 fully saturated rings. The summed E-state index contributed by atoms with van der Waals surface area (Å²) in [5.74, 6) is 0. The molecule has 0 aromatic carbocycles. The Bertz CT molecular complexity index is 294.